The van der Waals surface area contributed by atoms with Gasteiger partial charge in [-0.05, 0) is 58.7 Å². The lowest BCUT2D eigenvalue weighted by Crippen LogP contribution is -1.98. The van der Waals surface area contributed by atoms with E-state index < -0.39 is 0 Å². The molecule has 0 spiro atoms. The average molecular weight is 720 g/mol. The van der Waals surface area contributed by atoms with E-state index in [1.165, 1.54) is 60.3 Å². The van der Waals surface area contributed by atoms with Crippen LogP contribution < -0.4 is 0 Å². The van der Waals surface area contributed by atoms with Crippen LogP contribution in [0.1, 0.15) is 0 Å². The van der Waals surface area contributed by atoms with Crippen molar-refractivity contribution < 1.29 is 0 Å². The molecule has 3 nitrogen and oxygen atoms in total. The van der Waals surface area contributed by atoms with E-state index in [2.05, 4.69) is 209 Å². The molecule has 0 aliphatic carbocycles. The van der Waals surface area contributed by atoms with Gasteiger partial charge in [0.05, 0.1) is 22.1 Å². The fourth-order valence-corrected chi connectivity index (χ4v) is 9.34. The first-order valence-corrected chi connectivity index (χ1v) is 19.5. The average Bonchev–Trinajstić information content (AvgIpc) is 3.95. The maximum Gasteiger partial charge on any atom is 0.129 e. The van der Waals surface area contributed by atoms with Crippen molar-refractivity contribution in [2.24, 2.45) is 0 Å². The van der Waals surface area contributed by atoms with Crippen molar-refractivity contribution in [2.75, 3.05) is 0 Å². The maximum atomic E-state index is 5.42. The molecule has 0 radical (unpaired) electrons. The highest BCUT2D eigenvalue weighted by Gasteiger charge is 2.25. The van der Waals surface area contributed by atoms with Gasteiger partial charge in [-0.2, -0.15) is 0 Å². The molecule has 0 N–H and O–H groups in total. The first-order valence-electron chi connectivity index (χ1n) is 18.6. The Morgan fingerprint density at radius 1 is 0.345 bits per heavy atom. The molecule has 0 bridgehead atoms. The molecule has 11 aromatic rings. The van der Waals surface area contributed by atoms with Crippen LogP contribution in [-0.2, 0) is 0 Å². The van der Waals surface area contributed by atoms with Crippen molar-refractivity contribution in [3.05, 3.63) is 200 Å². The van der Waals surface area contributed by atoms with Crippen molar-refractivity contribution in [3.63, 3.8) is 0 Å². The van der Waals surface area contributed by atoms with Crippen molar-refractivity contribution in [1.29, 1.82) is 0 Å². The number of aromatic nitrogens is 3. The van der Waals surface area contributed by atoms with E-state index in [0.717, 1.165) is 38.0 Å². The topological polar surface area (TPSA) is 22.8 Å². The van der Waals surface area contributed by atoms with Crippen LogP contribution in [0.4, 0.5) is 0 Å². The van der Waals surface area contributed by atoms with E-state index in [1.54, 1.807) is 11.3 Å². The van der Waals surface area contributed by atoms with E-state index in [0.29, 0.717) is 0 Å². The van der Waals surface area contributed by atoms with Gasteiger partial charge in [0.1, 0.15) is 15.7 Å². The van der Waals surface area contributed by atoms with Gasteiger partial charge in [-0.25, -0.2) is 4.98 Å². The highest BCUT2D eigenvalue weighted by molar-refractivity contribution is 7.18. The zero-order valence-electron chi connectivity index (χ0n) is 29.8. The lowest BCUT2D eigenvalue weighted by molar-refractivity contribution is 1.16. The second-order valence-corrected chi connectivity index (χ2v) is 14.9. The van der Waals surface area contributed by atoms with E-state index in [4.69, 9.17) is 4.98 Å². The predicted octanol–water partition coefficient (Wildman–Crippen LogP) is 14.0. The highest BCUT2D eigenvalue weighted by Crippen LogP contribution is 2.46. The predicted molar refractivity (Wildman–Crippen MR) is 233 cm³/mol. The van der Waals surface area contributed by atoms with Crippen LogP contribution >= 0.6 is 11.3 Å². The smallest absolute Gasteiger partial charge is 0.129 e. The summed E-state index contributed by atoms with van der Waals surface area (Å²) in [6.07, 6.45) is 0. The van der Waals surface area contributed by atoms with Crippen molar-refractivity contribution in [1.82, 2.24) is 14.1 Å². The standard InChI is InChI=1S/C51H33N3S/c1-6-16-34(17-7-1)38-26-30-45-43(32-38)41-28-29-42-44-33-39(35-18-8-2-9-19-35)27-31-46(44)54(49(42)48(41)53(45)40-24-14-5-15-25-40)51-47(36-20-10-3-11-21-36)52-50(55-51)37-22-12-4-13-23-37/h1-33H. The van der Waals surface area contributed by atoms with E-state index in [-0.39, 0.29) is 0 Å². The molecule has 4 heteroatoms. The lowest BCUT2D eigenvalue weighted by atomic mass is 10.0. The third-order valence-corrected chi connectivity index (χ3v) is 11.9. The summed E-state index contributed by atoms with van der Waals surface area (Å²) in [6, 6.07) is 72.0. The molecule has 3 aromatic heterocycles. The number of benzene rings is 8. The van der Waals surface area contributed by atoms with Gasteiger partial charge in [0.2, 0.25) is 0 Å². The molecule has 0 amide bonds. The summed E-state index contributed by atoms with van der Waals surface area (Å²) in [7, 11) is 0. The Morgan fingerprint density at radius 3 is 1.31 bits per heavy atom. The molecular formula is C51H33N3S. The van der Waals surface area contributed by atoms with Gasteiger partial charge in [-0.15, -0.1) is 0 Å². The highest BCUT2D eigenvalue weighted by atomic mass is 32.1. The number of hydrogen-bond donors (Lipinski definition) is 0. The summed E-state index contributed by atoms with van der Waals surface area (Å²) >= 11 is 1.75. The Labute approximate surface area is 322 Å². The molecule has 0 fully saturated rings. The van der Waals surface area contributed by atoms with Crippen molar-refractivity contribution in [2.45, 2.75) is 0 Å². The first-order chi connectivity index (χ1) is 27.3. The maximum absolute atomic E-state index is 5.42. The first kappa shape index (κ1) is 31.5. The molecule has 0 saturated heterocycles. The second kappa shape index (κ2) is 12.8. The third-order valence-electron chi connectivity index (χ3n) is 10.8. The van der Waals surface area contributed by atoms with Crippen molar-refractivity contribution >= 4 is 54.9 Å². The van der Waals surface area contributed by atoms with Crippen LogP contribution in [-0.4, -0.2) is 14.1 Å². The third kappa shape index (κ3) is 5.14. The van der Waals surface area contributed by atoms with Gasteiger partial charge in [0, 0.05) is 38.4 Å². The minimum absolute atomic E-state index is 0.973. The van der Waals surface area contributed by atoms with Gasteiger partial charge in [0.25, 0.3) is 0 Å². The molecular weight excluding hydrogens is 687 g/mol. The molecule has 0 saturated carbocycles. The zero-order chi connectivity index (χ0) is 36.3. The number of rotatable bonds is 6. The van der Waals surface area contributed by atoms with Crippen molar-refractivity contribution in [3.8, 4) is 54.8 Å². The summed E-state index contributed by atoms with van der Waals surface area (Å²) < 4.78 is 4.97. The van der Waals surface area contributed by atoms with Gasteiger partial charge < -0.3 is 4.57 Å². The van der Waals surface area contributed by atoms with Gasteiger partial charge >= 0.3 is 0 Å². The number of thiazole rings is 1. The normalized spacial score (nSPS) is 11.6. The summed E-state index contributed by atoms with van der Waals surface area (Å²) in [4.78, 5) is 5.42. The van der Waals surface area contributed by atoms with Gasteiger partial charge in [-0.3, -0.25) is 4.57 Å². The lowest BCUT2D eigenvalue weighted by Gasteiger charge is -2.12. The van der Waals surface area contributed by atoms with Gasteiger partial charge in [0.15, 0.2) is 0 Å². The fourth-order valence-electron chi connectivity index (χ4n) is 8.23. The van der Waals surface area contributed by atoms with Crippen LogP contribution in [0.2, 0.25) is 0 Å². The molecule has 0 aliphatic rings. The molecule has 0 atom stereocenters. The molecule has 3 heterocycles. The zero-order valence-corrected chi connectivity index (χ0v) is 30.6. The summed E-state index contributed by atoms with van der Waals surface area (Å²) in [5.41, 5.74) is 13.8. The van der Waals surface area contributed by atoms with E-state index in [1.807, 2.05) is 0 Å². The minimum Gasteiger partial charge on any atom is -0.307 e. The Bertz CT molecular complexity index is 3160. The van der Waals surface area contributed by atoms with Crippen LogP contribution in [0.5, 0.6) is 0 Å². The Balaban J connectivity index is 1.32. The monoisotopic (exact) mass is 719 g/mol. The fraction of sp³-hybridized carbons (Fsp3) is 0. The minimum atomic E-state index is 0.973. The second-order valence-electron chi connectivity index (χ2n) is 14.0. The number of nitrogens with zero attached hydrogens (tertiary/aromatic N) is 3. The SMILES string of the molecule is c1ccc(-c2ccc3c(c2)c2ccc4c5cc(-c6ccccc6)ccc5n(-c5sc(-c6ccccc6)nc5-c5ccccc5)c4c2n3-c2ccccc2)cc1. The van der Waals surface area contributed by atoms with E-state index in [9.17, 15) is 0 Å². The Kier molecular flexibility index (Phi) is 7.35. The van der Waals surface area contributed by atoms with Crippen LogP contribution in [0.25, 0.3) is 98.4 Å². The van der Waals surface area contributed by atoms with Crippen LogP contribution in [0.15, 0.2) is 200 Å². The van der Waals surface area contributed by atoms with Crippen LogP contribution in [0, 0.1) is 0 Å². The largest absolute Gasteiger partial charge is 0.307 e. The molecule has 258 valence electrons. The Morgan fingerprint density at radius 2 is 0.782 bits per heavy atom. The number of hydrogen-bond acceptors (Lipinski definition) is 2. The molecule has 0 unspecified atom stereocenters. The van der Waals surface area contributed by atoms with E-state index >= 15 is 0 Å². The van der Waals surface area contributed by atoms with Crippen LogP contribution in [0.3, 0.4) is 0 Å². The molecule has 55 heavy (non-hydrogen) atoms. The summed E-state index contributed by atoms with van der Waals surface area (Å²) in [6.45, 7) is 0. The summed E-state index contributed by atoms with van der Waals surface area (Å²) in [5.74, 6) is 0. The molecule has 8 aromatic carbocycles. The molecule has 11 rings (SSSR count). The number of fused-ring (bicyclic) bond motifs is 7. The number of para-hydroxylation sites is 1. The Hall–Kier alpha value is -7.01. The summed E-state index contributed by atoms with van der Waals surface area (Å²) in [5, 5.41) is 6.94. The quantitative estimate of drug-likeness (QED) is 0.168. The van der Waals surface area contributed by atoms with Gasteiger partial charge in [-0.1, -0.05) is 175 Å². The molecule has 0 aliphatic heterocycles.